The van der Waals surface area contributed by atoms with Crippen molar-refractivity contribution in [3.63, 3.8) is 0 Å². The van der Waals surface area contributed by atoms with Gasteiger partial charge in [-0.2, -0.15) is 4.98 Å². The number of carbonyl (C=O) groups is 1. The molecule has 0 atom stereocenters. The number of nitrogens with two attached hydrogens (primary N) is 1. The molecule has 24 heavy (non-hydrogen) atoms. The van der Waals surface area contributed by atoms with Gasteiger partial charge in [-0.05, 0) is 12.1 Å². The van der Waals surface area contributed by atoms with Gasteiger partial charge in [-0.25, -0.2) is 4.98 Å². The lowest BCUT2D eigenvalue weighted by Gasteiger charge is -2.12. The van der Waals surface area contributed by atoms with Gasteiger partial charge in [0.2, 0.25) is 5.95 Å². The van der Waals surface area contributed by atoms with E-state index in [2.05, 4.69) is 15.3 Å². The van der Waals surface area contributed by atoms with E-state index in [9.17, 15) is 4.79 Å². The molecule has 3 N–H and O–H groups in total. The zero-order valence-electron chi connectivity index (χ0n) is 13.1. The second kappa shape index (κ2) is 6.78. The lowest BCUT2D eigenvalue weighted by Crippen LogP contribution is -2.05. The van der Waals surface area contributed by atoms with Crippen LogP contribution in [0.4, 0.5) is 17.5 Å². The fourth-order valence-electron chi connectivity index (χ4n) is 2.24. The molecule has 0 fully saturated rings. The Bertz CT molecular complexity index is 866. The highest BCUT2D eigenvalue weighted by Gasteiger charge is 2.09. The van der Waals surface area contributed by atoms with Crippen molar-refractivity contribution in [2.24, 2.45) is 0 Å². The van der Waals surface area contributed by atoms with Gasteiger partial charge in [-0.1, -0.05) is 42.5 Å². The van der Waals surface area contributed by atoms with Gasteiger partial charge in [0.15, 0.2) is 5.75 Å². The SMILES string of the molecule is CC(=O)Oc1ccccc1Nc1cc(-c2ccccc2)nc(N)n1. The van der Waals surface area contributed by atoms with Crippen LogP contribution in [0.1, 0.15) is 6.92 Å². The summed E-state index contributed by atoms with van der Waals surface area (Å²) >= 11 is 0. The van der Waals surface area contributed by atoms with Crippen LogP contribution in [0, 0.1) is 0 Å². The molecule has 6 nitrogen and oxygen atoms in total. The second-order valence-corrected chi connectivity index (χ2v) is 5.08. The first-order valence-electron chi connectivity index (χ1n) is 7.36. The van der Waals surface area contributed by atoms with Crippen LogP contribution >= 0.6 is 0 Å². The number of nitrogen functional groups attached to an aromatic ring is 1. The molecule has 0 unspecified atom stereocenters. The summed E-state index contributed by atoms with van der Waals surface area (Å²) in [6, 6.07) is 18.6. The average molecular weight is 320 g/mol. The molecule has 0 aliphatic rings. The minimum absolute atomic E-state index is 0.156. The molecule has 2 aromatic carbocycles. The largest absolute Gasteiger partial charge is 0.424 e. The molecule has 3 aromatic rings. The number of nitrogens with zero attached hydrogens (tertiary/aromatic N) is 2. The number of anilines is 3. The zero-order valence-corrected chi connectivity index (χ0v) is 13.1. The summed E-state index contributed by atoms with van der Waals surface area (Å²) in [7, 11) is 0. The molecule has 0 radical (unpaired) electrons. The van der Waals surface area contributed by atoms with Crippen molar-refractivity contribution in [1.82, 2.24) is 9.97 Å². The lowest BCUT2D eigenvalue weighted by molar-refractivity contribution is -0.131. The third-order valence-electron chi connectivity index (χ3n) is 3.22. The molecule has 0 spiro atoms. The highest BCUT2D eigenvalue weighted by Crippen LogP contribution is 2.28. The summed E-state index contributed by atoms with van der Waals surface area (Å²) in [6.07, 6.45) is 0. The second-order valence-electron chi connectivity index (χ2n) is 5.08. The van der Waals surface area contributed by atoms with Gasteiger partial charge in [0.25, 0.3) is 0 Å². The minimum Gasteiger partial charge on any atom is -0.424 e. The zero-order chi connectivity index (χ0) is 16.9. The van der Waals surface area contributed by atoms with Crippen molar-refractivity contribution in [1.29, 1.82) is 0 Å². The maximum absolute atomic E-state index is 11.2. The third-order valence-corrected chi connectivity index (χ3v) is 3.22. The number of ether oxygens (including phenoxy) is 1. The smallest absolute Gasteiger partial charge is 0.308 e. The molecule has 1 aromatic heterocycles. The molecule has 0 saturated carbocycles. The molecular formula is C18H16N4O2. The Morgan fingerprint density at radius 3 is 2.50 bits per heavy atom. The summed E-state index contributed by atoms with van der Waals surface area (Å²) in [5.74, 6) is 0.699. The monoisotopic (exact) mass is 320 g/mol. The van der Waals surface area contributed by atoms with E-state index in [0.717, 1.165) is 5.56 Å². The lowest BCUT2D eigenvalue weighted by atomic mass is 10.1. The van der Waals surface area contributed by atoms with Crippen LogP contribution in [0.15, 0.2) is 60.7 Å². The molecule has 120 valence electrons. The quantitative estimate of drug-likeness (QED) is 0.565. The van der Waals surface area contributed by atoms with Crippen LogP contribution < -0.4 is 15.8 Å². The highest BCUT2D eigenvalue weighted by molar-refractivity contribution is 5.75. The van der Waals surface area contributed by atoms with Gasteiger partial charge < -0.3 is 15.8 Å². The predicted octanol–water partition coefficient (Wildman–Crippen LogP) is 3.39. The van der Waals surface area contributed by atoms with E-state index < -0.39 is 5.97 Å². The summed E-state index contributed by atoms with van der Waals surface area (Å²) < 4.78 is 5.19. The van der Waals surface area contributed by atoms with Crippen LogP contribution in [0.25, 0.3) is 11.3 Å². The number of benzene rings is 2. The number of rotatable bonds is 4. The predicted molar refractivity (Wildman–Crippen MR) is 92.9 cm³/mol. The Labute approximate surface area is 139 Å². The van der Waals surface area contributed by atoms with Crippen LogP contribution in [0.3, 0.4) is 0 Å². The Morgan fingerprint density at radius 1 is 1.04 bits per heavy atom. The number of aromatic nitrogens is 2. The maximum Gasteiger partial charge on any atom is 0.308 e. The van der Waals surface area contributed by atoms with Crippen molar-refractivity contribution in [3.05, 3.63) is 60.7 Å². The van der Waals surface area contributed by atoms with Gasteiger partial charge in [0, 0.05) is 18.6 Å². The normalized spacial score (nSPS) is 10.2. The summed E-state index contributed by atoms with van der Waals surface area (Å²) in [5, 5.41) is 3.12. The summed E-state index contributed by atoms with van der Waals surface area (Å²) in [4.78, 5) is 19.7. The first-order chi connectivity index (χ1) is 11.6. The van der Waals surface area contributed by atoms with E-state index >= 15 is 0 Å². The van der Waals surface area contributed by atoms with Gasteiger partial charge in [0.1, 0.15) is 5.82 Å². The van der Waals surface area contributed by atoms with Crippen molar-refractivity contribution in [2.75, 3.05) is 11.1 Å². The fraction of sp³-hybridized carbons (Fsp3) is 0.0556. The third kappa shape index (κ3) is 3.67. The minimum atomic E-state index is -0.392. The van der Waals surface area contributed by atoms with E-state index in [1.54, 1.807) is 24.3 Å². The number of hydrogen-bond donors (Lipinski definition) is 2. The van der Waals surface area contributed by atoms with E-state index in [0.29, 0.717) is 22.9 Å². The molecule has 0 saturated heterocycles. The van der Waals surface area contributed by atoms with Crippen molar-refractivity contribution >= 4 is 23.4 Å². The number of nitrogens with one attached hydrogen (secondary N) is 1. The number of esters is 1. The standard InChI is InChI=1S/C18H16N4O2/c1-12(23)24-16-10-6-5-9-14(16)20-17-11-15(21-18(19)22-17)13-7-3-2-4-8-13/h2-11H,1H3,(H3,19,20,21,22). The molecular weight excluding hydrogens is 304 g/mol. The van der Waals surface area contributed by atoms with E-state index in [4.69, 9.17) is 10.5 Å². The molecule has 0 amide bonds. The molecule has 0 aliphatic carbocycles. The summed E-state index contributed by atoms with van der Waals surface area (Å²) in [6.45, 7) is 1.35. The first kappa shape index (κ1) is 15.5. The average Bonchev–Trinajstić information content (AvgIpc) is 2.56. The van der Waals surface area contributed by atoms with Gasteiger partial charge in [0.05, 0.1) is 11.4 Å². The Morgan fingerprint density at radius 2 is 1.75 bits per heavy atom. The fourth-order valence-corrected chi connectivity index (χ4v) is 2.24. The van der Waals surface area contributed by atoms with E-state index in [-0.39, 0.29) is 5.95 Å². The number of carbonyl (C=O) groups excluding carboxylic acids is 1. The van der Waals surface area contributed by atoms with Crippen LogP contribution in [0.5, 0.6) is 5.75 Å². The van der Waals surface area contributed by atoms with E-state index in [1.807, 2.05) is 36.4 Å². The Balaban J connectivity index is 1.94. The van der Waals surface area contributed by atoms with Crippen LogP contribution in [-0.4, -0.2) is 15.9 Å². The number of para-hydroxylation sites is 2. The van der Waals surface area contributed by atoms with E-state index in [1.165, 1.54) is 6.92 Å². The molecule has 6 heteroatoms. The Kier molecular flexibility index (Phi) is 4.38. The maximum atomic E-state index is 11.2. The topological polar surface area (TPSA) is 90.1 Å². The molecule has 0 aliphatic heterocycles. The molecule has 0 bridgehead atoms. The van der Waals surface area contributed by atoms with Crippen molar-refractivity contribution < 1.29 is 9.53 Å². The van der Waals surface area contributed by atoms with Gasteiger partial charge >= 0.3 is 5.97 Å². The Hall–Kier alpha value is -3.41. The van der Waals surface area contributed by atoms with Crippen molar-refractivity contribution in [2.45, 2.75) is 6.92 Å². The van der Waals surface area contributed by atoms with Gasteiger partial charge in [-0.15, -0.1) is 0 Å². The summed E-state index contributed by atoms with van der Waals surface area (Å²) in [5.41, 5.74) is 8.07. The van der Waals surface area contributed by atoms with Crippen molar-refractivity contribution in [3.8, 4) is 17.0 Å². The van der Waals surface area contributed by atoms with Crippen LogP contribution in [-0.2, 0) is 4.79 Å². The van der Waals surface area contributed by atoms with Crippen LogP contribution in [0.2, 0.25) is 0 Å². The number of hydrogen-bond acceptors (Lipinski definition) is 6. The van der Waals surface area contributed by atoms with Gasteiger partial charge in [-0.3, -0.25) is 4.79 Å². The molecule has 3 rings (SSSR count). The molecule has 1 heterocycles. The first-order valence-corrected chi connectivity index (χ1v) is 7.36. The highest BCUT2D eigenvalue weighted by atomic mass is 16.5.